The van der Waals surface area contributed by atoms with Gasteiger partial charge in [0.25, 0.3) is 0 Å². The molecule has 1 aromatic carbocycles. The second kappa shape index (κ2) is 5.57. The van der Waals surface area contributed by atoms with Crippen LogP contribution in [0.1, 0.15) is 17.0 Å². The van der Waals surface area contributed by atoms with Crippen LogP contribution in [-0.4, -0.2) is 39.0 Å². The van der Waals surface area contributed by atoms with Gasteiger partial charge in [0.05, 0.1) is 23.8 Å². The quantitative estimate of drug-likeness (QED) is 0.779. The number of nitrogens with zero attached hydrogens (tertiary/aromatic N) is 2. The predicted octanol–water partition coefficient (Wildman–Crippen LogP) is 0.788. The molecule has 0 aliphatic carbocycles. The molecule has 21 heavy (non-hydrogen) atoms. The summed E-state index contributed by atoms with van der Waals surface area (Å²) in [5.41, 5.74) is 3.00. The van der Waals surface area contributed by atoms with Crippen LogP contribution in [0.3, 0.4) is 0 Å². The lowest BCUT2D eigenvalue weighted by Gasteiger charge is -2.27. The minimum atomic E-state index is -0.233. The summed E-state index contributed by atoms with van der Waals surface area (Å²) in [5.74, 6) is 0.282. The van der Waals surface area contributed by atoms with E-state index in [1.54, 1.807) is 30.4 Å². The molecular formula is C15H18N4O2. The molecule has 6 heteroatoms. The Morgan fingerprint density at radius 3 is 2.95 bits per heavy atom. The van der Waals surface area contributed by atoms with Crippen LogP contribution in [0.15, 0.2) is 30.6 Å². The van der Waals surface area contributed by atoms with Crippen molar-refractivity contribution in [1.82, 2.24) is 20.2 Å². The second-order valence-electron chi connectivity index (χ2n) is 5.33. The minimum Gasteiger partial charge on any atom is -0.508 e. The number of nitrogens with one attached hydrogen (secondary N) is 2. The highest BCUT2D eigenvalue weighted by Gasteiger charge is 2.27. The lowest BCUT2D eigenvalue weighted by molar-refractivity contribution is -0.132. The molecule has 1 aromatic heterocycles. The van der Waals surface area contributed by atoms with Crippen LogP contribution in [0, 0.1) is 0 Å². The topological polar surface area (TPSA) is 81.2 Å². The van der Waals surface area contributed by atoms with Gasteiger partial charge >= 0.3 is 0 Å². The number of imidazole rings is 1. The molecule has 1 aliphatic heterocycles. The molecule has 0 bridgehead atoms. The number of aromatic hydroxyl groups is 1. The minimum absolute atomic E-state index is 0.0525. The molecule has 1 aliphatic rings. The number of phenols is 1. The second-order valence-corrected chi connectivity index (χ2v) is 5.33. The summed E-state index contributed by atoms with van der Waals surface area (Å²) in [4.78, 5) is 21.5. The number of benzene rings is 1. The third-order valence-electron chi connectivity index (χ3n) is 3.76. The van der Waals surface area contributed by atoms with Gasteiger partial charge in [0.1, 0.15) is 5.75 Å². The summed E-state index contributed by atoms with van der Waals surface area (Å²) in [6.45, 7) is 1.16. The SMILES string of the molecule is CN(Cc1ccc(O)cc1)C(=O)C1Cc2nc[nH]c2CN1. The summed E-state index contributed by atoms with van der Waals surface area (Å²) < 4.78 is 0. The summed E-state index contributed by atoms with van der Waals surface area (Å²) in [5, 5.41) is 12.5. The normalized spacial score (nSPS) is 17.3. The summed E-state index contributed by atoms with van der Waals surface area (Å²) in [6, 6.07) is 6.66. The van der Waals surface area contributed by atoms with Crippen LogP contribution in [0.2, 0.25) is 0 Å². The van der Waals surface area contributed by atoms with E-state index in [4.69, 9.17) is 0 Å². The molecule has 6 nitrogen and oxygen atoms in total. The Kier molecular flexibility index (Phi) is 3.62. The van der Waals surface area contributed by atoms with Crippen molar-refractivity contribution in [1.29, 1.82) is 0 Å². The van der Waals surface area contributed by atoms with Gasteiger partial charge in [-0.25, -0.2) is 4.98 Å². The van der Waals surface area contributed by atoms with Crippen molar-refractivity contribution in [3.05, 3.63) is 47.5 Å². The molecule has 1 amide bonds. The lowest BCUT2D eigenvalue weighted by atomic mass is 10.0. The van der Waals surface area contributed by atoms with Crippen molar-refractivity contribution in [2.45, 2.75) is 25.6 Å². The zero-order chi connectivity index (χ0) is 14.8. The van der Waals surface area contributed by atoms with E-state index in [1.807, 2.05) is 12.1 Å². The van der Waals surface area contributed by atoms with Crippen molar-refractivity contribution >= 4 is 5.91 Å². The maximum atomic E-state index is 12.5. The lowest BCUT2D eigenvalue weighted by Crippen LogP contribution is -2.48. The Balaban J connectivity index is 1.64. The van der Waals surface area contributed by atoms with Gasteiger partial charge in [-0.2, -0.15) is 0 Å². The molecule has 1 unspecified atom stereocenters. The number of H-pyrrole nitrogens is 1. The fourth-order valence-corrected chi connectivity index (χ4v) is 2.56. The van der Waals surface area contributed by atoms with Gasteiger partial charge in [0.15, 0.2) is 0 Å². The monoisotopic (exact) mass is 286 g/mol. The standard InChI is InChI=1S/C15H18N4O2/c1-19(8-10-2-4-11(20)5-3-10)15(21)13-6-12-14(7-16-13)18-9-17-12/h2-5,9,13,16,20H,6-8H2,1H3,(H,17,18). The number of likely N-dealkylation sites (N-methyl/N-ethyl adjacent to an activating group) is 1. The van der Waals surface area contributed by atoms with Crippen molar-refractivity contribution in [2.24, 2.45) is 0 Å². The third-order valence-corrected chi connectivity index (χ3v) is 3.76. The molecule has 1 atom stereocenters. The van der Waals surface area contributed by atoms with E-state index in [2.05, 4.69) is 15.3 Å². The molecule has 3 rings (SSSR count). The maximum absolute atomic E-state index is 12.5. The van der Waals surface area contributed by atoms with Crippen LogP contribution in [0.4, 0.5) is 0 Å². The van der Waals surface area contributed by atoms with Crippen LogP contribution in [0.5, 0.6) is 5.75 Å². The number of hydrogen-bond acceptors (Lipinski definition) is 4. The maximum Gasteiger partial charge on any atom is 0.240 e. The van der Waals surface area contributed by atoms with E-state index >= 15 is 0 Å². The molecule has 110 valence electrons. The molecule has 0 fully saturated rings. The number of aromatic amines is 1. The number of carbonyl (C=O) groups is 1. The van der Waals surface area contributed by atoms with E-state index in [1.165, 1.54) is 0 Å². The van der Waals surface area contributed by atoms with Gasteiger partial charge in [-0.05, 0) is 17.7 Å². The van der Waals surface area contributed by atoms with Gasteiger partial charge < -0.3 is 15.0 Å². The van der Waals surface area contributed by atoms with Crippen molar-refractivity contribution in [3.63, 3.8) is 0 Å². The number of amides is 1. The zero-order valence-electron chi connectivity index (χ0n) is 11.8. The molecule has 2 heterocycles. The molecule has 0 spiro atoms. The molecule has 3 N–H and O–H groups in total. The van der Waals surface area contributed by atoms with Gasteiger partial charge in [0.2, 0.25) is 5.91 Å². The molecule has 2 aromatic rings. The van der Waals surface area contributed by atoms with Gasteiger partial charge in [-0.3, -0.25) is 10.1 Å². The van der Waals surface area contributed by atoms with Crippen molar-refractivity contribution in [2.75, 3.05) is 7.05 Å². The smallest absolute Gasteiger partial charge is 0.240 e. The Morgan fingerprint density at radius 1 is 1.43 bits per heavy atom. The zero-order valence-corrected chi connectivity index (χ0v) is 11.8. The Labute approximate surface area is 122 Å². The molecular weight excluding hydrogens is 268 g/mol. The summed E-state index contributed by atoms with van der Waals surface area (Å²) in [7, 11) is 1.79. The van der Waals surface area contributed by atoms with E-state index in [0.717, 1.165) is 17.0 Å². The Morgan fingerprint density at radius 2 is 2.19 bits per heavy atom. The number of fused-ring (bicyclic) bond motifs is 1. The Bertz CT molecular complexity index is 635. The van der Waals surface area contributed by atoms with Crippen LogP contribution in [0.25, 0.3) is 0 Å². The number of carbonyl (C=O) groups excluding carboxylic acids is 1. The summed E-state index contributed by atoms with van der Waals surface area (Å²) in [6.07, 6.45) is 2.27. The highest BCUT2D eigenvalue weighted by molar-refractivity contribution is 5.82. The predicted molar refractivity (Wildman–Crippen MR) is 77.5 cm³/mol. The highest BCUT2D eigenvalue weighted by atomic mass is 16.3. The van der Waals surface area contributed by atoms with E-state index in [0.29, 0.717) is 19.5 Å². The first kappa shape index (κ1) is 13.6. The average molecular weight is 286 g/mol. The van der Waals surface area contributed by atoms with Gasteiger partial charge in [-0.1, -0.05) is 12.1 Å². The van der Waals surface area contributed by atoms with Crippen LogP contribution in [-0.2, 0) is 24.3 Å². The fourth-order valence-electron chi connectivity index (χ4n) is 2.56. The van der Waals surface area contributed by atoms with Gasteiger partial charge in [0, 0.05) is 26.6 Å². The first-order chi connectivity index (χ1) is 10.1. The third kappa shape index (κ3) is 2.90. The molecule has 0 radical (unpaired) electrons. The summed E-state index contributed by atoms with van der Waals surface area (Å²) >= 11 is 0. The first-order valence-corrected chi connectivity index (χ1v) is 6.91. The van der Waals surface area contributed by atoms with Crippen LogP contribution >= 0.6 is 0 Å². The number of aromatic nitrogens is 2. The van der Waals surface area contributed by atoms with Crippen molar-refractivity contribution in [3.8, 4) is 5.75 Å². The highest BCUT2D eigenvalue weighted by Crippen LogP contribution is 2.15. The van der Waals surface area contributed by atoms with Gasteiger partial charge in [-0.15, -0.1) is 0 Å². The fraction of sp³-hybridized carbons (Fsp3) is 0.333. The van der Waals surface area contributed by atoms with Crippen molar-refractivity contribution < 1.29 is 9.90 Å². The van der Waals surface area contributed by atoms with E-state index in [9.17, 15) is 9.90 Å². The van der Waals surface area contributed by atoms with E-state index in [-0.39, 0.29) is 17.7 Å². The average Bonchev–Trinajstić information content (AvgIpc) is 2.96. The molecule has 0 saturated carbocycles. The van der Waals surface area contributed by atoms with Crippen LogP contribution < -0.4 is 5.32 Å². The Hall–Kier alpha value is -2.34. The number of hydrogen-bond donors (Lipinski definition) is 3. The van der Waals surface area contributed by atoms with E-state index < -0.39 is 0 Å². The number of rotatable bonds is 3. The number of phenolic OH excluding ortho intramolecular Hbond substituents is 1. The largest absolute Gasteiger partial charge is 0.508 e. The molecule has 0 saturated heterocycles. The first-order valence-electron chi connectivity index (χ1n) is 6.91.